The van der Waals surface area contributed by atoms with Gasteiger partial charge in [0, 0.05) is 6.20 Å². The highest BCUT2D eigenvalue weighted by Crippen LogP contribution is 2.04. The van der Waals surface area contributed by atoms with Crippen LogP contribution in [0.15, 0.2) is 18.3 Å². The summed E-state index contributed by atoms with van der Waals surface area (Å²) in [5.41, 5.74) is 0.631. The molecule has 0 spiro atoms. The van der Waals surface area contributed by atoms with Crippen molar-refractivity contribution in [2.45, 2.75) is 0 Å². The second-order valence-electron chi connectivity index (χ2n) is 2.04. The van der Waals surface area contributed by atoms with Crippen LogP contribution in [-0.4, -0.2) is 18.1 Å². The third-order valence-electron chi connectivity index (χ3n) is 1.35. The van der Waals surface area contributed by atoms with E-state index >= 15 is 0 Å². The van der Waals surface area contributed by atoms with Gasteiger partial charge in [-0.1, -0.05) is 0 Å². The molecule has 0 bridgehead atoms. The molecule has 0 saturated carbocycles. The summed E-state index contributed by atoms with van der Waals surface area (Å²) in [6, 6.07) is 3.21. The lowest BCUT2D eigenvalue weighted by atomic mass is 10.2. The fourth-order valence-electron chi connectivity index (χ4n) is 0.795. The van der Waals surface area contributed by atoms with Crippen LogP contribution in [0.4, 0.5) is 0 Å². The molecule has 0 N–H and O–H groups in total. The zero-order valence-corrected chi connectivity index (χ0v) is 6.57. The van der Waals surface area contributed by atoms with Gasteiger partial charge in [-0.3, -0.25) is 0 Å². The number of hydrogen-bond donors (Lipinski definition) is 0. The van der Waals surface area contributed by atoms with E-state index in [0.29, 0.717) is 11.3 Å². The van der Waals surface area contributed by atoms with Crippen molar-refractivity contribution in [1.82, 2.24) is 4.98 Å². The Hall–Kier alpha value is -1.82. The first-order valence-electron chi connectivity index (χ1n) is 3.29. The zero-order chi connectivity index (χ0) is 8.97. The van der Waals surface area contributed by atoms with Crippen LogP contribution in [0.25, 0.3) is 0 Å². The largest absolute Gasteiger partial charge is 0.465 e. The molecule has 60 valence electrons. The number of rotatable bonds is 1. The number of hydrogen-bond acceptors (Lipinski definition) is 3. The molecule has 3 heteroatoms. The first-order chi connectivity index (χ1) is 5.79. The van der Waals surface area contributed by atoms with Gasteiger partial charge in [-0.05, 0) is 18.1 Å². The van der Waals surface area contributed by atoms with Crippen LogP contribution >= 0.6 is 0 Å². The van der Waals surface area contributed by atoms with Crippen molar-refractivity contribution in [3.8, 4) is 12.3 Å². The topological polar surface area (TPSA) is 39.2 Å². The van der Waals surface area contributed by atoms with Crippen LogP contribution in [-0.2, 0) is 4.74 Å². The van der Waals surface area contributed by atoms with E-state index in [1.54, 1.807) is 12.1 Å². The smallest absolute Gasteiger partial charge is 0.340 e. The molecule has 1 aromatic rings. The van der Waals surface area contributed by atoms with Gasteiger partial charge >= 0.3 is 5.97 Å². The van der Waals surface area contributed by atoms with Gasteiger partial charge in [-0.25, -0.2) is 9.78 Å². The SMILES string of the molecule is C#Cc1ncccc1C(=O)OC. The van der Waals surface area contributed by atoms with Crippen molar-refractivity contribution < 1.29 is 9.53 Å². The maximum Gasteiger partial charge on any atom is 0.340 e. The Morgan fingerprint density at radius 1 is 1.75 bits per heavy atom. The number of terminal acetylenes is 1. The van der Waals surface area contributed by atoms with Crippen molar-refractivity contribution in [3.63, 3.8) is 0 Å². The molecular weight excluding hydrogens is 154 g/mol. The lowest BCUT2D eigenvalue weighted by molar-refractivity contribution is 0.0600. The maximum absolute atomic E-state index is 11.0. The Kier molecular flexibility index (Phi) is 2.44. The number of esters is 1. The van der Waals surface area contributed by atoms with Gasteiger partial charge in [-0.15, -0.1) is 6.42 Å². The summed E-state index contributed by atoms with van der Waals surface area (Å²) in [5, 5.41) is 0. The lowest BCUT2D eigenvalue weighted by Crippen LogP contribution is -2.04. The molecule has 1 aromatic heterocycles. The van der Waals surface area contributed by atoms with Crippen LogP contribution < -0.4 is 0 Å². The maximum atomic E-state index is 11.0. The summed E-state index contributed by atoms with van der Waals surface area (Å²) in [4.78, 5) is 14.9. The second kappa shape index (κ2) is 3.54. The third-order valence-corrected chi connectivity index (χ3v) is 1.35. The molecule has 0 radical (unpaired) electrons. The first kappa shape index (κ1) is 8.28. The molecule has 0 saturated heterocycles. The Morgan fingerprint density at radius 3 is 3.08 bits per heavy atom. The Labute approximate surface area is 70.4 Å². The molecule has 0 atom stereocenters. The first-order valence-corrected chi connectivity index (χ1v) is 3.29. The Balaban J connectivity index is 3.16. The van der Waals surface area contributed by atoms with Gasteiger partial charge in [0.15, 0.2) is 0 Å². The van der Waals surface area contributed by atoms with Crippen molar-refractivity contribution in [2.75, 3.05) is 7.11 Å². The predicted molar refractivity (Wildman–Crippen MR) is 43.5 cm³/mol. The number of methoxy groups -OCH3 is 1. The van der Waals surface area contributed by atoms with Gasteiger partial charge in [0.1, 0.15) is 5.69 Å². The van der Waals surface area contributed by atoms with Crippen molar-refractivity contribution in [3.05, 3.63) is 29.6 Å². The summed E-state index contributed by atoms with van der Waals surface area (Å²) in [5.74, 6) is 1.84. The average Bonchev–Trinajstić information content (AvgIpc) is 2.16. The average molecular weight is 161 g/mol. The number of pyridine rings is 1. The van der Waals surface area contributed by atoms with Gasteiger partial charge in [0.05, 0.1) is 12.7 Å². The molecule has 1 rings (SSSR count). The lowest BCUT2D eigenvalue weighted by Gasteiger charge is -1.99. The van der Waals surface area contributed by atoms with Gasteiger partial charge in [0.2, 0.25) is 0 Å². The zero-order valence-electron chi connectivity index (χ0n) is 6.57. The van der Waals surface area contributed by atoms with Gasteiger partial charge in [0.25, 0.3) is 0 Å². The molecule has 3 nitrogen and oxygen atoms in total. The predicted octanol–water partition coefficient (Wildman–Crippen LogP) is 0.849. The van der Waals surface area contributed by atoms with Crippen LogP contribution in [0.5, 0.6) is 0 Å². The van der Waals surface area contributed by atoms with E-state index in [1.165, 1.54) is 13.3 Å². The molecular formula is C9H7NO2. The number of ether oxygens (including phenoxy) is 1. The number of carbonyl (C=O) groups is 1. The van der Waals surface area contributed by atoms with Gasteiger partial charge < -0.3 is 4.74 Å². The van der Waals surface area contributed by atoms with E-state index in [0.717, 1.165) is 0 Å². The van der Waals surface area contributed by atoms with Gasteiger partial charge in [-0.2, -0.15) is 0 Å². The van der Waals surface area contributed by atoms with Crippen LogP contribution in [0, 0.1) is 12.3 Å². The molecule has 0 fully saturated rings. The van der Waals surface area contributed by atoms with E-state index in [1.807, 2.05) is 0 Å². The highest BCUT2D eigenvalue weighted by Gasteiger charge is 2.09. The van der Waals surface area contributed by atoms with Crippen LogP contribution in [0.1, 0.15) is 16.1 Å². The molecule has 0 aromatic carbocycles. The number of carbonyl (C=O) groups excluding carboxylic acids is 1. The minimum atomic E-state index is -0.462. The normalized spacial score (nSPS) is 8.67. The fraction of sp³-hybridized carbons (Fsp3) is 0.111. The van der Waals surface area contributed by atoms with E-state index in [2.05, 4.69) is 15.6 Å². The standard InChI is InChI=1S/C9H7NO2/c1-3-8-7(9(11)12-2)5-4-6-10-8/h1,4-6H,2H3. The Morgan fingerprint density at radius 2 is 2.50 bits per heavy atom. The summed E-state index contributed by atoms with van der Waals surface area (Å²) < 4.78 is 4.50. The molecule has 0 amide bonds. The van der Waals surface area contributed by atoms with E-state index in [9.17, 15) is 4.79 Å². The molecule has 1 heterocycles. The molecule has 0 aliphatic heterocycles. The fourth-order valence-corrected chi connectivity index (χ4v) is 0.795. The van der Waals surface area contributed by atoms with Crippen molar-refractivity contribution in [1.29, 1.82) is 0 Å². The summed E-state index contributed by atoms with van der Waals surface area (Å²) in [7, 11) is 1.30. The highest BCUT2D eigenvalue weighted by atomic mass is 16.5. The van der Waals surface area contributed by atoms with E-state index in [4.69, 9.17) is 6.42 Å². The van der Waals surface area contributed by atoms with E-state index < -0.39 is 5.97 Å². The highest BCUT2D eigenvalue weighted by molar-refractivity contribution is 5.91. The number of aromatic nitrogens is 1. The van der Waals surface area contributed by atoms with Crippen molar-refractivity contribution in [2.24, 2.45) is 0 Å². The monoisotopic (exact) mass is 161 g/mol. The third kappa shape index (κ3) is 1.43. The molecule has 0 aliphatic carbocycles. The quantitative estimate of drug-likeness (QED) is 0.452. The van der Waals surface area contributed by atoms with E-state index in [-0.39, 0.29) is 0 Å². The summed E-state index contributed by atoms with van der Waals surface area (Å²) in [6.45, 7) is 0. The van der Waals surface area contributed by atoms with Crippen molar-refractivity contribution >= 4 is 5.97 Å². The number of nitrogens with zero attached hydrogens (tertiary/aromatic N) is 1. The minimum Gasteiger partial charge on any atom is -0.465 e. The summed E-state index contributed by atoms with van der Waals surface area (Å²) >= 11 is 0. The Bertz CT molecular complexity index is 339. The van der Waals surface area contributed by atoms with Crippen LogP contribution in [0.3, 0.4) is 0 Å². The molecule has 0 unspecified atom stereocenters. The summed E-state index contributed by atoms with van der Waals surface area (Å²) in [6.07, 6.45) is 6.65. The molecule has 12 heavy (non-hydrogen) atoms. The minimum absolute atomic E-state index is 0.310. The van der Waals surface area contributed by atoms with Crippen LogP contribution in [0.2, 0.25) is 0 Å². The molecule has 0 aliphatic rings. The second-order valence-corrected chi connectivity index (χ2v) is 2.04.